The van der Waals surface area contributed by atoms with Crippen molar-refractivity contribution in [3.8, 4) is 0 Å². The quantitative estimate of drug-likeness (QED) is 0.902. The van der Waals surface area contributed by atoms with Crippen LogP contribution in [0.2, 0.25) is 0 Å². The van der Waals surface area contributed by atoms with Gasteiger partial charge in [0.2, 0.25) is 5.91 Å². The number of aryl methyl sites for hydroxylation is 1. The molecular weight excluding hydrogens is 262 g/mol. The first kappa shape index (κ1) is 14.0. The van der Waals surface area contributed by atoms with Crippen LogP contribution in [0.5, 0.6) is 0 Å². The van der Waals surface area contributed by atoms with Crippen LogP contribution in [-0.4, -0.2) is 5.91 Å². The number of rotatable bonds is 4. The Balaban J connectivity index is 2.34. The smallest absolute Gasteiger partial charge is 0.244 e. The summed E-state index contributed by atoms with van der Waals surface area (Å²) in [5.74, 6) is -2.65. The van der Waals surface area contributed by atoms with Crippen LogP contribution in [0.1, 0.15) is 17.2 Å². The van der Waals surface area contributed by atoms with Gasteiger partial charge in [0, 0.05) is 5.69 Å². The van der Waals surface area contributed by atoms with E-state index in [1.165, 1.54) is 6.07 Å². The van der Waals surface area contributed by atoms with Crippen molar-refractivity contribution in [2.45, 2.75) is 13.0 Å². The minimum absolute atomic E-state index is 0.277. The largest absolute Gasteiger partial charge is 0.370 e. The highest BCUT2D eigenvalue weighted by Gasteiger charge is 2.19. The normalized spacial score (nSPS) is 11.9. The maximum atomic E-state index is 13.3. The highest BCUT2D eigenvalue weighted by molar-refractivity contribution is 5.84. The average Bonchev–Trinajstić information content (AvgIpc) is 2.41. The fourth-order valence-electron chi connectivity index (χ4n) is 1.90. The van der Waals surface area contributed by atoms with Gasteiger partial charge in [-0.25, -0.2) is 8.78 Å². The molecule has 104 valence electrons. The summed E-state index contributed by atoms with van der Waals surface area (Å²) in [5.41, 5.74) is 7.24. The Hall–Kier alpha value is -2.43. The van der Waals surface area contributed by atoms with Crippen molar-refractivity contribution in [3.63, 3.8) is 0 Å². The second-order valence-electron chi connectivity index (χ2n) is 4.47. The molecule has 0 fully saturated rings. The zero-order valence-corrected chi connectivity index (χ0v) is 10.9. The zero-order chi connectivity index (χ0) is 14.7. The van der Waals surface area contributed by atoms with Crippen LogP contribution in [0.15, 0.2) is 42.5 Å². The highest BCUT2D eigenvalue weighted by Crippen LogP contribution is 2.23. The molecule has 1 unspecified atom stereocenters. The molecule has 2 aromatic rings. The topological polar surface area (TPSA) is 55.1 Å². The molecule has 0 aliphatic heterocycles. The van der Waals surface area contributed by atoms with Gasteiger partial charge in [-0.05, 0) is 36.2 Å². The lowest BCUT2D eigenvalue weighted by molar-refractivity contribution is -0.118. The first-order valence-electron chi connectivity index (χ1n) is 6.05. The van der Waals surface area contributed by atoms with E-state index in [-0.39, 0.29) is 5.56 Å². The molecule has 1 atom stereocenters. The molecule has 0 radical (unpaired) electrons. The zero-order valence-electron chi connectivity index (χ0n) is 10.9. The molecule has 3 nitrogen and oxygen atoms in total. The summed E-state index contributed by atoms with van der Waals surface area (Å²) < 4.78 is 26.2. The number of benzene rings is 2. The Morgan fingerprint density at radius 1 is 1.15 bits per heavy atom. The van der Waals surface area contributed by atoms with Gasteiger partial charge in [0.05, 0.1) is 0 Å². The number of amides is 1. The number of hydrogen-bond acceptors (Lipinski definition) is 2. The summed E-state index contributed by atoms with van der Waals surface area (Å²) >= 11 is 0. The Morgan fingerprint density at radius 3 is 2.45 bits per heavy atom. The number of halogens is 2. The average molecular weight is 276 g/mol. The molecule has 5 heteroatoms. The maximum Gasteiger partial charge on any atom is 0.244 e. The molecular formula is C15H14F2N2O. The van der Waals surface area contributed by atoms with Gasteiger partial charge >= 0.3 is 0 Å². The molecule has 0 spiro atoms. The fourth-order valence-corrected chi connectivity index (χ4v) is 1.90. The Kier molecular flexibility index (Phi) is 3.98. The molecule has 2 aromatic carbocycles. The van der Waals surface area contributed by atoms with Crippen LogP contribution in [0.4, 0.5) is 14.5 Å². The van der Waals surface area contributed by atoms with Gasteiger partial charge in [0.25, 0.3) is 0 Å². The third-order valence-corrected chi connectivity index (χ3v) is 3.01. The summed E-state index contributed by atoms with van der Waals surface area (Å²) in [6.07, 6.45) is 0. The van der Waals surface area contributed by atoms with E-state index in [4.69, 9.17) is 5.73 Å². The second-order valence-corrected chi connectivity index (χ2v) is 4.47. The number of primary amides is 1. The van der Waals surface area contributed by atoms with E-state index in [0.29, 0.717) is 5.69 Å². The minimum Gasteiger partial charge on any atom is -0.370 e. The summed E-state index contributed by atoms with van der Waals surface area (Å²) in [4.78, 5) is 11.6. The standard InChI is InChI=1S/C15H14F2N2O/c1-9-4-2-3-5-13(9)19-14(15(18)20)10-6-7-11(16)12(17)8-10/h2-8,14,19H,1H3,(H2,18,20). The number of carbonyl (C=O) groups excluding carboxylic acids is 1. The molecule has 0 aromatic heterocycles. The van der Waals surface area contributed by atoms with Crippen LogP contribution in [0, 0.1) is 18.6 Å². The molecule has 0 aliphatic carbocycles. The molecule has 0 heterocycles. The highest BCUT2D eigenvalue weighted by atomic mass is 19.2. The molecule has 0 saturated heterocycles. The van der Waals surface area contributed by atoms with Gasteiger partial charge in [0.1, 0.15) is 6.04 Å². The number of nitrogens with one attached hydrogen (secondary N) is 1. The third kappa shape index (κ3) is 2.93. The monoisotopic (exact) mass is 276 g/mol. The summed E-state index contributed by atoms with van der Waals surface area (Å²) in [6, 6.07) is 9.66. The van der Waals surface area contributed by atoms with Crippen LogP contribution in [-0.2, 0) is 4.79 Å². The van der Waals surface area contributed by atoms with Gasteiger partial charge in [0.15, 0.2) is 11.6 Å². The fraction of sp³-hybridized carbons (Fsp3) is 0.133. The molecule has 2 rings (SSSR count). The van der Waals surface area contributed by atoms with Crippen molar-refractivity contribution in [3.05, 3.63) is 65.2 Å². The molecule has 3 N–H and O–H groups in total. The first-order chi connectivity index (χ1) is 9.49. The second kappa shape index (κ2) is 5.69. The van der Waals surface area contributed by atoms with Crippen molar-refractivity contribution < 1.29 is 13.6 Å². The van der Waals surface area contributed by atoms with E-state index >= 15 is 0 Å². The van der Waals surface area contributed by atoms with E-state index in [9.17, 15) is 13.6 Å². The lowest BCUT2D eigenvalue weighted by atomic mass is 10.0. The summed E-state index contributed by atoms with van der Waals surface area (Å²) in [5, 5.41) is 2.95. The van der Waals surface area contributed by atoms with Crippen LogP contribution >= 0.6 is 0 Å². The maximum absolute atomic E-state index is 13.3. The van der Waals surface area contributed by atoms with Gasteiger partial charge in [-0.15, -0.1) is 0 Å². The Bertz CT molecular complexity index is 644. The third-order valence-electron chi connectivity index (χ3n) is 3.01. The summed E-state index contributed by atoms with van der Waals surface area (Å²) in [6.45, 7) is 1.87. The predicted molar refractivity (Wildman–Crippen MR) is 73.1 cm³/mol. The van der Waals surface area contributed by atoms with E-state index in [1.807, 2.05) is 19.1 Å². The number of nitrogens with two attached hydrogens (primary N) is 1. The van der Waals surface area contributed by atoms with E-state index in [1.54, 1.807) is 12.1 Å². The van der Waals surface area contributed by atoms with Crippen LogP contribution in [0.3, 0.4) is 0 Å². The van der Waals surface area contributed by atoms with Gasteiger partial charge in [-0.3, -0.25) is 4.79 Å². The van der Waals surface area contributed by atoms with Crippen LogP contribution < -0.4 is 11.1 Å². The number of anilines is 1. The SMILES string of the molecule is Cc1ccccc1NC(C(N)=O)c1ccc(F)c(F)c1. The Labute approximate surface area is 115 Å². The number of para-hydroxylation sites is 1. The first-order valence-corrected chi connectivity index (χ1v) is 6.05. The Morgan fingerprint density at radius 2 is 1.85 bits per heavy atom. The van der Waals surface area contributed by atoms with Crippen molar-refractivity contribution in [1.82, 2.24) is 0 Å². The molecule has 0 aliphatic rings. The molecule has 0 bridgehead atoms. The lowest BCUT2D eigenvalue weighted by Crippen LogP contribution is -2.28. The molecule has 20 heavy (non-hydrogen) atoms. The molecule has 1 amide bonds. The molecule has 0 saturated carbocycles. The van der Waals surface area contributed by atoms with Gasteiger partial charge in [-0.2, -0.15) is 0 Å². The van der Waals surface area contributed by atoms with E-state index in [2.05, 4.69) is 5.32 Å². The van der Waals surface area contributed by atoms with Crippen molar-refractivity contribution in [2.24, 2.45) is 5.73 Å². The van der Waals surface area contributed by atoms with E-state index in [0.717, 1.165) is 17.7 Å². The minimum atomic E-state index is -1.01. The summed E-state index contributed by atoms with van der Waals surface area (Å²) in [7, 11) is 0. The number of hydrogen-bond donors (Lipinski definition) is 2. The lowest BCUT2D eigenvalue weighted by Gasteiger charge is -2.18. The van der Waals surface area contributed by atoms with Crippen molar-refractivity contribution >= 4 is 11.6 Å². The van der Waals surface area contributed by atoms with Crippen molar-refractivity contribution in [2.75, 3.05) is 5.32 Å². The van der Waals surface area contributed by atoms with Crippen LogP contribution in [0.25, 0.3) is 0 Å². The van der Waals surface area contributed by atoms with Gasteiger partial charge in [-0.1, -0.05) is 24.3 Å². The predicted octanol–water partition coefficient (Wildman–Crippen LogP) is 2.91. The van der Waals surface area contributed by atoms with Gasteiger partial charge < -0.3 is 11.1 Å². The van der Waals surface area contributed by atoms with E-state index < -0.39 is 23.6 Å². The van der Waals surface area contributed by atoms with Crippen molar-refractivity contribution in [1.29, 1.82) is 0 Å². The number of carbonyl (C=O) groups is 1.